The van der Waals surface area contributed by atoms with Crippen LogP contribution in [0.15, 0.2) is 16.5 Å². The molecule has 1 unspecified atom stereocenters. The zero-order chi connectivity index (χ0) is 13.5. The van der Waals surface area contributed by atoms with Crippen LogP contribution in [0.25, 0.3) is 0 Å². The molecule has 2 nitrogen and oxygen atoms in total. The van der Waals surface area contributed by atoms with Gasteiger partial charge in [0.05, 0.1) is 6.04 Å². The Kier molecular flexibility index (Phi) is 5.96. The maximum absolute atomic E-state index is 6.02. The van der Waals surface area contributed by atoms with Crippen LogP contribution in [0.1, 0.15) is 76.4 Å². The minimum absolute atomic E-state index is 0.429. The zero-order valence-electron chi connectivity index (χ0n) is 12.6. The Balaban J connectivity index is 2.08. The second kappa shape index (κ2) is 7.74. The van der Waals surface area contributed by atoms with E-state index in [0.29, 0.717) is 6.04 Å². The molecule has 0 aliphatic heterocycles. The number of hydrogen-bond acceptors (Lipinski definition) is 2. The molecule has 108 valence electrons. The minimum atomic E-state index is 0.429. The first-order chi connectivity index (χ1) is 9.35. The molecule has 1 aromatic rings. The SMILES string of the molecule is CCCNC(c1ccc(CC)o1)C1CCCCCC1. The highest BCUT2D eigenvalue weighted by atomic mass is 16.3. The van der Waals surface area contributed by atoms with Gasteiger partial charge >= 0.3 is 0 Å². The quantitative estimate of drug-likeness (QED) is 0.742. The van der Waals surface area contributed by atoms with Crippen molar-refractivity contribution in [3.05, 3.63) is 23.7 Å². The van der Waals surface area contributed by atoms with Crippen LogP contribution in [0.5, 0.6) is 0 Å². The van der Waals surface area contributed by atoms with Gasteiger partial charge in [-0.25, -0.2) is 0 Å². The third-order valence-electron chi connectivity index (χ3n) is 4.32. The van der Waals surface area contributed by atoms with Crippen molar-refractivity contribution in [2.24, 2.45) is 5.92 Å². The number of furan rings is 1. The van der Waals surface area contributed by atoms with Gasteiger partial charge in [0.2, 0.25) is 0 Å². The van der Waals surface area contributed by atoms with Crippen molar-refractivity contribution in [3.8, 4) is 0 Å². The van der Waals surface area contributed by atoms with Crippen LogP contribution in [0, 0.1) is 5.92 Å². The second-order valence-corrected chi connectivity index (χ2v) is 5.84. The molecule has 1 aromatic heterocycles. The molecule has 2 rings (SSSR count). The van der Waals surface area contributed by atoms with E-state index in [-0.39, 0.29) is 0 Å². The molecule has 1 fully saturated rings. The van der Waals surface area contributed by atoms with Gasteiger partial charge in [0.1, 0.15) is 11.5 Å². The lowest BCUT2D eigenvalue weighted by atomic mass is 9.90. The topological polar surface area (TPSA) is 25.2 Å². The third kappa shape index (κ3) is 4.10. The van der Waals surface area contributed by atoms with E-state index in [2.05, 4.69) is 31.3 Å². The van der Waals surface area contributed by atoms with Crippen molar-refractivity contribution in [2.45, 2.75) is 71.3 Å². The van der Waals surface area contributed by atoms with Crippen LogP contribution in [-0.2, 0) is 6.42 Å². The number of rotatable bonds is 6. The van der Waals surface area contributed by atoms with Gasteiger partial charge in [-0.15, -0.1) is 0 Å². The van der Waals surface area contributed by atoms with E-state index in [0.717, 1.165) is 30.4 Å². The van der Waals surface area contributed by atoms with Gasteiger partial charge in [-0.2, -0.15) is 0 Å². The van der Waals surface area contributed by atoms with Gasteiger partial charge in [0, 0.05) is 6.42 Å². The normalized spacial score (nSPS) is 19.3. The zero-order valence-corrected chi connectivity index (χ0v) is 12.6. The molecule has 2 heteroatoms. The van der Waals surface area contributed by atoms with Crippen molar-refractivity contribution in [1.82, 2.24) is 5.32 Å². The fraction of sp³-hybridized carbons (Fsp3) is 0.765. The van der Waals surface area contributed by atoms with Gasteiger partial charge < -0.3 is 9.73 Å². The van der Waals surface area contributed by atoms with Crippen molar-refractivity contribution >= 4 is 0 Å². The molecule has 1 aliphatic rings. The lowest BCUT2D eigenvalue weighted by Crippen LogP contribution is -2.28. The Morgan fingerprint density at radius 3 is 2.47 bits per heavy atom. The van der Waals surface area contributed by atoms with Gasteiger partial charge in [0.15, 0.2) is 0 Å². The Labute approximate surface area is 118 Å². The predicted molar refractivity (Wildman–Crippen MR) is 80.3 cm³/mol. The summed E-state index contributed by atoms with van der Waals surface area (Å²) in [5.74, 6) is 3.04. The highest BCUT2D eigenvalue weighted by Crippen LogP contribution is 2.34. The summed E-state index contributed by atoms with van der Waals surface area (Å²) in [5, 5.41) is 3.73. The van der Waals surface area contributed by atoms with Crippen LogP contribution in [-0.4, -0.2) is 6.54 Å². The summed E-state index contributed by atoms with van der Waals surface area (Å²) < 4.78 is 6.02. The van der Waals surface area contributed by atoms with E-state index in [1.165, 1.54) is 44.9 Å². The predicted octanol–water partition coefficient (Wildman–Crippen LogP) is 4.85. The molecule has 0 aromatic carbocycles. The number of nitrogens with one attached hydrogen (secondary N) is 1. The van der Waals surface area contributed by atoms with E-state index in [4.69, 9.17) is 4.42 Å². The first kappa shape index (κ1) is 14.6. The molecule has 1 heterocycles. The van der Waals surface area contributed by atoms with E-state index in [9.17, 15) is 0 Å². The molecule has 1 saturated carbocycles. The van der Waals surface area contributed by atoms with Gasteiger partial charge in [-0.1, -0.05) is 39.5 Å². The van der Waals surface area contributed by atoms with Crippen molar-refractivity contribution < 1.29 is 4.42 Å². The van der Waals surface area contributed by atoms with Crippen LogP contribution < -0.4 is 5.32 Å². The molecule has 0 spiro atoms. The smallest absolute Gasteiger partial charge is 0.121 e. The molecule has 1 N–H and O–H groups in total. The second-order valence-electron chi connectivity index (χ2n) is 5.84. The molecule has 1 aliphatic carbocycles. The average molecular weight is 263 g/mol. The fourth-order valence-corrected chi connectivity index (χ4v) is 3.20. The molecule has 0 bridgehead atoms. The highest BCUT2D eigenvalue weighted by Gasteiger charge is 2.26. The van der Waals surface area contributed by atoms with Gasteiger partial charge in [-0.05, 0) is 43.9 Å². The lowest BCUT2D eigenvalue weighted by Gasteiger charge is -2.25. The van der Waals surface area contributed by atoms with E-state index in [1.807, 2.05) is 0 Å². The van der Waals surface area contributed by atoms with Crippen molar-refractivity contribution in [1.29, 1.82) is 0 Å². The largest absolute Gasteiger partial charge is 0.464 e. The summed E-state index contributed by atoms with van der Waals surface area (Å²) in [5.41, 5.74) is 0. The maximum Gasteiger partial charge on any atom is 0.121 e. The number of hydrogen-bond donors (Lipinski definition) is 1. The fourth-order valence-electron chi connectivity index (χ4n) is 3.20. The Morgan fingerprint density at radius 1 is 1.16 bits per heavy atom. The molecular formula is C17H29NO. The van der Waals surface area contributed by atoms with Gasteiger partial charge in [-0.3, -0.25) is 0 Å². The summed E-state index contributed by atoms with van der Waals surface area (Å²) in [7, 11) is 0. The van der Waals surface area contributed by atoms with E-state index < -0.39 is 0 Å². The molecule has 0 amide bonds. The van der Waals surface area contributed by atoms with Crippen LogP contribution >= 0.6 is 0 Å². The van der Waals surface area contributed by atoms with Crippen molar-refractivity contribution in [2.75, 3.05) is 6.54 Å². The summed E-state index contributed by atoms with van der Waals surface area (Å²) in [6.45, 7) is 5.48. The molecule has 0 saturated heterocycles. The van der Waals surface area contributed by atoms with E-state index >= 15 is 0 Å². The lowest BCUT2D eigenvalue weighted by molar-refractivity contribution is 0.279. The molecule has 1 atom stereocenters. The molecule has 0 radical (unpaired) electrons. The summed E-state index contributed by atoms with van der Waals surface area (Å²) in [4.78, 5) is 0. The summed E-state index contributed by atoms with van der Waals surface area (Å²) in [6, 6.07) is 4.77. The van der Waals surface area contributed by atoms with Gasteiger partial charge in [0.25, 0.3) is 0 Å². The standard InChI is InChI=1S/C17H29NO/c1-3-13-18-17(14-9-7-5-6-8-10-14)16-12-11-15(4-2)19-16/h11-12,14,17-18H,3-10,13H2,1-2H3. The van der Waals surface area contributed by atoms with Crippen LogP contribution in [0.3, 0.4) is 0 Å². The van der Waals surface area contributed by atoms with E-state index in [1.54, 1.807) is 0 Å². The Hall–Kier alpha value is -0.760. The van der Waals surface area contributed by atoms with Crippen LogP contribution in [0.2, 0.25) is 0 Å². The van der Waals surface area contributed by atoms with Crippen LogP contribution in [0.4, 0.5) is 0 Å². The third-order valence-corrected chi connectivity index (χ3v) is 4.32. The molecule has 19 heavy (non-hydrogen) atoms. The minimum Gasteiger partial charge on any atom is -0.464 e. The van der Waals surface area contributed by atoms with Crippen molar-refractivity contribution in [3.63, 3.8) is 0 Å². The molecular weight excluding hydrogens is 234 g/mol. The monoisotopic (exact) mass is 263 g/mol. The highest BCUT2D eigenvalue weighted by molar-refractivity contribution is 5.12. The number of aryl methyl sites for hydroxylation is 1. The Bertz CT molecular complexity index is 350. The first-order valence-electron chi connectivity index (χ1n) is 8.17. The first-order valence-corrected chi connectivity index (χ1v) is 8.17. The Morgan fingerprint density at radius 2 is 1.89 bits per heavy atom. The summed E-state index contributed by atoms with van der Waals surface area (Å²) in [6.07, 6.45) is 10.5. The average Bonchev–Trinajstić information content (AvgIpc) is 2.74. The summed E-state index contributed by atoms with van der Waals surface area (Å²) >= 11 is 0. The maximum atomic E-state index is 6.02.